The second-order valence-corrected chi connectivity index (χ2v) is 2.53. The fraction of sp³-hybridized carbons (Fsp3) is 0.222. The fourth-order valence-corrected chi connectivity index (χ4v) is 1.07. The normalized spacial score (nSPS) is 9.62. The Morgan fingerprint density at radius 2 is 2.23 bits per heavy atom. The number of methoxy groups -OCH3 is 1. The molecule has 70 valence electrons. The summed E-state index contributed by atoms with van der Waals surface area (Å²) in [5.74, 6) is -0.663. The average molecular weight is 182 g/mol. The summed E-state index contributed by atoms with van der Waals surface area (Å²) in [5, 5.41) is 17.9. The van der Waals surface area contributed by atoms with Crippen LogP contribution in [-0.2, 0) is 11.2 Å². The molecule has 0 fully saturated rings. The molecule has 0 heterocycles. The number of benzene rings is 1. The van der Waals surface area contributed by atoms with Gasteiger partial charge in [0.2, 0.25) is 0 Å². The van der Waals surface area contributed by atoms with E-state index in [-0.39, 0.29) is 12.2 Å². The summed E-state index contributed by atoms with van der Waals surface area (Å²) in [7, 11) is 1.43. The SMILES string of the molecule is COc1cccc(O)c1CC(=O)O. The van der Waals surface area contributed by atoms with Gasteiger partial charge in [-0.3, -0.25) is 4.79 Å². The van der Waals surface area contributed by atoms with E-state index in [2.05, 4.69) is 0 Å². The molecule has 1 aromatic rings. The van der Waals surface area contributed by atoms with Crippen molar-refractivity contribution >= 4 is 5.97 Å². The quantitative estimate of drug-likeness (QED) is 0.732. The van der Waals surface area contributed by atoms with Crippen molar-refractivity contribution in [3.8, 4) is 11.5 Å². The molecule has 4 heteroatoms. The van der Waals surface area contributed by atoms with Crippen LogP contribution in [0, 0.1) is 0 Å². The van der Waals surface area contributed by atoms with Crippen LogP contribution in [0.5, 0.6) is 11.5 Å². The molecule has 0 unspecified atom stereocenters. The maximum atomic E-state index is 10.4. The first-order valence-corrected chi connectivity index (χ1v) is 3.71. The topological polar surface area (TPSA) is 66.8 Å². The van der Waals surface area contributed by atoms with E-state index in [1.807, 2.05) is 0 Å². The Balaban J connectivity index is 3.07. The maximum Gasteiger partial charge on any atom is 0.308 e. The molecule has 2 N–H and O–H groups in total. The number of ether oxygens (including phenoxy) is 1. The number of carboxylic acids is 1. The number of hydrogen-bond donors (Lipinski definition) is 2. The third-order valence-electron chi connectivity index (χ3n) is 1.66. The zero-order valence-corrected chi connectivity index (χ0v) is 7.15. The molecule has 0 aromatic heterocycles. The van der Waals surface area contributed by atoms with Gasteiger partial charge in [0.15, 0.2) is 0 Å². The first kappa shape index (κ1) is 9.38. The second-order valence-electron chi connectivity index (χ2n) is 2.53. The number of carboxylic acid groups (broad SMARTS) is 1. The van der Waals surface area contributed by atoms with Crippen molar-refractivity contribution < 1.29 is 19.7 Å². The predicted molar refractivity (Wildman–Crippen MR) is 46.0 cm³/mol. The number of phenols is 1. The fourth-order valence-electron chi connectivity index (χ4n) is 1.07. The van der Waals surface area contributed by atoms with E-state index in [9.17, 15) is 9.90 Å². The number of rotatable bonds is 3. The van der Waals surface area contributed by atoms with Crippen molar-refractivity contribution in [3.63, 3.8) is 0 Å². The lowest BCUT2D eigenvalue weighted by molar-refractivity contribution is -0.136. The highest BCUT2D eigenvalue weighted by atomic mass is 16.5. The highest BCUT2D eigenvalue weighted by Crippen LogP contribution is 2.27. The molecule has 0 atom stereocenters. The molecular weight excluding hydrogens is 172 g/mol. The lowest BCUT2D eigenvalue weighted by atomic mass is 10.1. The summed E-state index contributed by atoms with van der Waals surface area (Å²) in [6, 6.07) is 4.64. The number of hydrogen-bond acceptors (Lipinski definition) is 3. The summed E-state index contributed by atoms with van der Waals surface area (Å²) in [4.78, 5) is 10.4. The van der Waals surface area contributed by atoms with Gasteiger partial charge in [-0.2, -0.15) is 0 Å². The van der Waals surface area contributed by atoms with Crippen LogP contribution in [0.1, 0.15) is 5.56 Å². The molecule has 13 heavy (non-hydrogen) atoms. The van der Waals surface area contributed by atoms with E-state index in [1.165, 1.54) is 13.2 Å². The molecule has 0 saturated heterocycles. The zero-order chi connectivity index (χ0) is 9.84. The summed E-state index contributed by atoms with van der Waals surface area (Å²) < 4.78 is 4.90. The van der Waals surface area contributed by atoms with Crippen LogP contribution in [-0.4, -0.2) is 23.3 Å². The van der Waals surface area contributed by atoms with E-state index in [1.54, 1.807) is 12.1 Å². The average Bonchev–Trinajstić information content (AvgIpc) is 2.08. The van der Waals surface area contributed by atoms with Crippen LogP contribution < -0.4 is 4.74 Å². The zero-order valence-electron chi connectivity index (χ0n) is 7.15. The minimum Gasteiger partial charge on any atom is -0.508 e. The Bertz CT molecular complexity index is 319. The Hall–Kier alpha value is -1.71. The van der Waals surface area contributed by atoms with Crippen LogP contribution in [0.3, 0.4) is 0 Å². The molecule has 1 aromatic carbocycles. The first-order valence-electron chi connectivity index (χ1n) is 3.71. The lowest BCUT2D eigenvalue weighted by Gasteiger charge is -2.07. The largest absolute Gasteiger partial charge is 0.508 e. The predicted octanol–water partition coefficient (Wildman–Crippen LogP) is 1.03. The second kappa shape index (κ2) is 3.80. The van der Waals surface area contributed by atoms with Crippen LogP contribution in [0.4, 0.5) is 0 Å². The van der Waals surface area contributed by atoms with Crippen LogP contribution >= 0.6 is 0 Å². The van der Waals surface area contributed by atoms with E-state index in [4.69, 9.17) is 9.84 Å². The van der Waals surface area contributed by atoms with Gasteiger partial charge in [0.05, 0.1) is 13.5 Å². The molecule has 0 saturated carbocycles. The summed E-state index contributed by atoms with van der Waals surface area (Å²) in [6.07, 6.45) is -0.240. The third kappa shape index (κ3) is 2.11. The monoisotopic (exact) mass is 182 g/mol. The van der Waals surface area contributed by atoms with Gasteiger partial charge in [0, 0.05) is 5.56 Å². The Morgan fingerprint density at radius 1 is 1.54 bits per heavy atom. The van der Waals surface area contributed by atoms with Crippen LogP contribution in [0.15, 0.2) is 18.2 Å². The summed E-state index contributed by atoms with van der Waals surface area (Å²) >= 11 is 0. The highest BCUT2D eigenvalue weighted by molar-refractivity contribution is 5.72. The lowest BCUT2D eigenvalue weighted by Crippen LogP contribution is -2.02. The van der Waals surface area contributed by atoms with Crippen molar-refractivity contribution in [3.05, 3.63) is 23.8 Å². The number of aromatic hydroxyl groups is 1. The van der Waals surface area contributed by atoms with Crippen LogP contribution in [0.2, 0.25) is 0 Å². The molecule has 4 nitrogen and oxygen atoms in total. The van der Waals surface area contributed by atoms with Crippen LogP contribution in [0.25, 0.3) is 0 Å². The molecule has 0 aliphatic carbocycles. The summed E-state index contributed by atoms with van der Waals surface area (Å²) in [5.41, 5.74) is 0.303. The number of phenolic OH excluding ortho intramolecular Hbond substituents is 1. The van der Waals surface area contributed by atoms with Crippen molar-refractivity contribution in [2.45, 2.75) is 6.42 Å². The first-order chi connectivity index (χ1) is 6.15. The van der Waals surface area contributed by atoms with Gasteiger partial charge in [-0.1, -0.05) is 6.07 Å². The van der Waals surface area contributed by atoms with E-state index in [0.29, 0.717) is 11.3 Å². The van der Waals surface area contributed by atoms with Gasteiger partial charge >= 0.3 is 5.97 Å². The number of carbonyl (C=O) groups is 1. The standard InChI is InChI=1S/C9H10O4/c1-13-8-4-2-3-7(10)6(8)5-9(11)12/h2-4,10H,5H2,1H3,(H,11,12). The minimum absolute atomic E-state index is 0.0539. The maximum absolute atomic E-state index is 10.4. The van der Waals surface area contributed by atoms with E-state index in [0.717, 1.165) is 0 Å². The molecule has 1 rings (SSSR count). The third-order valence-corrected chi connectivity index (χ3v) is 1.66. The molecular formula is C9H10O4. The van der Waals surface area contributed by atoms with E-state index < -0.39 is 5.97 Å². The Morgan fingerprint density at radius 3 is 2.77 bits per heavy atom. The molecule has 0 bridgehead atoms. The van der Waals surface area contributed by atoms with E-state index >= 15 is 0 Å². The van der Waals surface area contributed by atoms with Gasteiger partial charge in [0.1, 0.15) is 11.5 Å². The minimum atomic E-state index is -1.00. The van der Waals surface area contributed by atoms with Gasteiger partial charge in [0.25, 0.3) is 0 Å². The smallest absolute Gasteiger partial charge is 0.308 e. The van der Waals surface area contributed by atoms with Gasteiger partial charge < -0.3 is 14.9 Å². The Labute approximate surface area is 75.4 Å². The number of aliphatic carboxylic acids is 1. The van der Waals surface area contributed by atoms with Crippen molar-refractivity contribution in [2.75, 3.05) is 7.11 Å². The van der Waals surface area contributed by atoms with Gasteiger partial charge in [-0.15, -0.1) is 0 Å². The Kier molecular flexibility index (Phi) is 2.74. The summed E-state index contributed by atoms with van der Waals surface area (Å²) in [6.45, 7) is 0. The van der Waals surface area contributed by atoms with Crippen molar-refractivity contribution in [1.29, 1.82) is 0 Å². The van der Waals surface area contributed by atoms with Crippen molar-refractivity contribution in [2.24, 2.45) is 0 Å². The molecule has 0 amide bonds. The molecule has 0 radical (unpaired) electrons. The molecule has 0 spiro atoms. The highest BCUT2D eigenvalue weighted by Gasteiger charge is 2.11. The van der Waals surface area contributed by atoms with Gasteiger partial charge in [-0.05, 0) is 12.1 Å². The van der Waals surface area contributed by atoms with Gasteiger partial charge in [-0.25, -0.2) is 0 Å². The van der Waals surface area contributed by atoms with Crippen molar-refractivity contribution in [1.82, 2.24) is 0 Å². The molecule has 0 aliphatic rings. The molecule has 0 aliphatic heterocycles.